The number of hydrogen-bond acceptors (Lipinski definition) is 4. The lowest BCUT2D eigenvalue weighted by atomic mass is 9.83. The average Bonchev–Trinajstić information content (AvgIpc) is 2.68. The summed E-state index contributed by atoms with van der Waals surface area (Å²) in [5.74, 6) is -0.903. The van der Waals surface area contributed by atoms with Gasteiger partial charge < -0.3 is 19.9 Å². The third-order valence-electron chi connectivity index (χ3n) is 3.11. The fourth-order valence-corrected chi connectivity index (χ4v) is 2.12. The van der Waals surface area contributed by atoms with Crippen LogP contribution in [0.1, 0.15) is 33.6 Å². The van der Waals surface area contributed by atoms with Gasteiger partial charge in [0.15, 0.2) is 0 Å². The summed E-state index contributed by atoms with van der Waals surface area (Å²) in [6, 6.07) is -0.335. The number of alkyl carbamates (subject to hydrolysis) is 1. The Hall–Kier alpha value is -1.56. The van der Waals surface area contributed by atoms with E-state index in [1.54, 1.807) is 32.9 Å². The summed E-state index contributed by atoms with van der Waals surface area (Å²) in [6.07, 6.45) is 3.48. The Balaban J connectivity index is 2.60. The number of carbonyl (C=O) groups is 2. The maximum absolute atomic E-state index is 11.7. The molecule has 0 fully saturated rings. The Morgan fingerprint density at radius 1 is 1.45 bits per heavy atom. The standard InChI is InChI=1S/C14H23NO5/c1-13(2,3)20-12(18)15-10-5-6-14(9-10,11(16)17)7-8-19-4/h5-6,10H,7-9H2,1-4H3,(H,15,18)(H,16,17)/t10-,14+/m1/s1. The molecule has 0 aliphatic heterocycles. The molecule has 0 aromatic heterocycles. The Kier molecular flexibility index (Phi) is 5.16. The van der Waals surface area contributed by atoms with Gasteiger partial charge >= 0.3 is 12.1 Å². The van der Waals surface area contributed by atoms with Crippen LogP contribution in [0.5, 0.6) is 0 Å². The molecule has 1 aliphatic rings. The second-order valence-electron chi connectivity index (χ2n) is 6.02. The van der Waals surface area contributed by atoms with Crippen LogP contribution in [-0.4, -0.2) is 42.5 Å². The molecule has 0 aromatic rings. The average molecular weight is 285 g/mol. The maximum atomic E-state index is 11.7. The van der Waals surface area contributed by atoms with E-state index in [2.05, 4.69) is 5.32 Å². The van der Waals surface area contributed by atoms with Crippen molar-refractivity contribution < 1.29 is 24.2 Å². The second-order valence-corrected chi connectivity index (χ2v) is 6.02. The van der Waals surface area contributed by atoms with Gasteiger partial charge in [-0.15, -0.1) is 0 Å². The van der Waals surface area contributed by atoms with Crippen LogP contribution in [0.25, 0.3) is 0 Å². The van der Waals surface area contributed by atoms with Gasteiger partial charge in [-0.05, 0) is 33.6 Å². The Labute approximate surface area is 119 Å². The number of amides is 1. The monoisotopic (exact) mass is 285 g/mol. The summed E-state index contributed by atoms with van der Waals surface area (Å²) >= 11 is 0. The van der Waals surface area contributed by atoms with E-state index in [-0.39, 0.29) is 6.04 Å². The highest BCUT2D eigenvalue weighted by molar-refractivity contribution is 5.78. The molecule has 0 heterocycles. The van der Waals surface area contributed by atoms with Crippen molar-refractivity contribution in [3.63, 3.8) is 0 Å². The van der Waals surface area contributed by atoms with Crippen molar-refractivity contribution >= 4 is 12.1 Å². The number of ether oxygens (including phenoxy) is 2. The molecule has 0 unspecified atom stereocenters. The molecule has 1 amide bonds. The lowest BCUT2D eigenvalue weighted by Gasteiger charge is -2.25. The predicted octanol–water partition coefficient (Wildman–Crippen LogP) is 1.95. The highest BCUT2D eigenvalue weighted by Gasteiger charge is 2.42. The first-order chi connectivity index (χ1) is 9.18. The van der Waals surface area contributed by atoms with Crippen molar-refractivity contribution in [2.75, 3.05) is 13.7 Å². The minimum absolute atomic E-state index is 0.310. The predicted molar refractivity (Wildman–Crippen MR) is 73.5 cm³/mol. The first kappa shape index (κ1) is 16.5. The maximum Gasteiger partial charge on any atom is 0.408 e. The number of hydrogen-bond donors (Lipinski definition) is 2. The summed E-state index contributed by atoms with van der Waals surface area (Å²) < 4.78 is 10.1. The molecule has 0 bridgehead atoms. The molecule has 2 N–H and O–H groups in total. The van der Waals surface area contributed by atoms with Crippen molar-refractivity contribution in [1.29, 1.82) is 0 Å². The van der Waals surface area contributed by atoms with Gasteiger partial charge in [-0.1, -0.05) is 12.2 Å². The lowest BCUT2D eigenvalue weighted by molar-refractivity contribution is -0.147. The molecule has 6 nitrogen and oxygen atoms in total. The minimum atomic E-state index is -0.976. The van der Waals surface area contributed by atoms with Crippen molar-refractivity contribution in [3.05, 3.63) is 12.2 Å². The van der Waals surface area contributed by atoms with Crippen molar-refractivity contribution in [2.45, 2.75) is 45.3 Å². The molecule has 1 aliphatic carbocycles. The summed E-state index contributed by atoms with van der Waals surface area (Å²) in [7, 11) is 1.53. The Morgan fingerprint density at radius 3 is 2.60 bits per heavy atom. The van der Waals surface area contributed by atoms with E-state index in [4.69, 9.17) is 9.47 Å². The van der Waals surface area contributed by atoms with Crippen LogP contribution in [0.4, 0.5) is 4.79 Å². The fraction of sp³-hybridized carbons (Fsp3) is 0.714. The van der Waals surface area contributed by atoms with Gasteiger partial charge in [0, 0.05) is 13.7 Å². The number of rotatable bonds is 5. The number of carboxylic acids is 1. The Bertz CT molecular complexity index is 399. The van der Waals surface area contributed by atoms with Gasteiger partial charge in [-0.3, -0.25) is 4.79 Å². The van der Waals surface area contributed by atoms with E-state index >= 15 is 0 Å². The van der Waals surface area contributed by atoms with E-state index in [0.29, 0.717) is 19.4 Å². The Morgan fingerprint density at radius 2 is 2.10 bits per heavy atom. The van der Waals surface area contributed by atoms with Crippen LogP contribution < -0.4 is 5.32 Å². The van der Waals surface area contributed by atoms with E-state index in [9.17, 15) is 14.7 Å². The van der Waals surface area contributed by atoms with Crippen LogP contribution >= 0.6 is 0 Å². The highest BCUT2D eigenvalue weighted by atomic mass is 16.6. The quantitative estimate of drug-likeness (QED) is 0.754. The first-order valence-corrected chi connectivity index (χ1v) is 6.60. The molecular weight excluding hydrogens is 262 g/mol. The highest BCUT2D eigenvalue weighted by Crippen LogP contribution is 2.36. The molecule has 1 rings (SSSR count). The number of aliphatic carboxylic acids is 1. The topological polar surface area (TPSA) is 84.9 Å². The smallest absolute Gasteiger partial charge is 0.408 e. The van der Waals surface area contributed by atoms with Crippen LogP contribution in [-0.2, 0) is 14.3 Å². The largest absolute Gasteiger partial charge is 0.481 e. The van der Waals surface area contributed by atoms with Crippen LogP contribution in [0, 0.1) is 5.41 Å². The van der Waals surface area contributed by atoms with Crippen molar-refractivity contribution in [2.24, 2.45) is 5.41 Å². The summed E-state index contributed by atoms with van der Waals surface area (Å²) in [5, 5.41) is 12.0. The van der Waals surface area contributed by atoms with Gasteiger partial charge in [-0.2, -0.15) is 0 Å². The van der Waals surface area contributed by atoms with E-state index in [1.165, 1.54) is 7.11 Å². The van der Waals surface area contributed by atoms with Crippen LogP contribution in [0.15, 0.2) is 12.2 Å². The van der Waals surface area contributed by atoms with Gasteiger partial charge in [-0.25, -0.2) is 4.79 Å². The third kappa shape index (κ3) is 4.52. The molecular formula is C14H23NO5. The molecule has 114 valence electrons. The molecule has 20 heavy (non-hydrogen) atoms. The van der Waals surface area contributed by atoms with Gasteiger partial charge in [0.2, 0.25) is 0 Å². The van der Waals surface area contributed by atoms with Gasteiger partial charge in [0.05, 0.1) is 11.5 Å². The summed E-state index contributed by atoms with van der Waals surface area (Å²) in [6.45, 7) is 5.68. The third-order valence-corrected chi connectivity index (χ3v) is 3.11. The summed E-state index contributed by atoms with van der Waals surface area (Å²) in [5.41, 5.74) is -1.55. The molecule has 0 saturated carbocycles. The van der Waals surface area contributed by atoms with Crippen molar-refractivity contribution in [1.82, 2.24) is 5.32 Å². The van der Waals surface area contributed by atoms with Crippen molar-refractivity contribution in [3.8, 4) is 0 Å². The minimum Gasteiger partial charge on any atom is -0.481 e. The van der Waals surface area contributed by atoms with Gasteiger partial charge in [0.1, 0.15) is 5.60 Å². The zero-order valence-corrected chi connectivity index (χ0v) is 12.4. The van der Waals surface area contributed by atoms with Crippen LogP contribution in [0.2, 0.25) is 0 Å². The van der Waals surface area contributed by atoms with Gasteiger partial charge in [0.25, 0.3) is 0 Å². The molecule has 0 radical (unpaired) electrons. The summed E-state index contributed by atoms with van der Waals surface area (Å²) in [4.78, 5) is 23.1. The first-order valence-electron chi connectivity index (χ1n) is 6.60. The van der Waals surface area contributed by atoms with E-state index < -0.39 is 23.1 Å². The second kappa shape index (κ2) is 6.26. The number of carboxylic acid groups (broad SMARTS) is 1. The number of methoxy groups -OCH3 is 1. The number of carbonyl (C=O) groups excluding carboxylic acids is 1. The normalized spacial score (nSPS) is 25.5. The molecule has 0 saturated heterocycles. The molecule has 2 atom stereocenters. The number of nitrogens with one attached hydrogen (secondary N) is 1. The zero-order chi connectivity index (χ0) is 15.4. The van der Waals surface area contributed by atoms with E-state index in [0.717, 1.165) is 0 Å². The lowest BCUT2D eigenvalue weighted by Crippen LogP contribution is -2.40. The zero-order valence-electron chi connectivity index (χ0n) is 12.4. The molecule has 0 spiro atoms. The molecule has 0 aromatic carbocycles. The van der Waals surface area contributed by atoms with E-state index in [1.807, 2.05) is 0 Å². The SMILES string of the molecule is COCC[C@@]1(C(=O)O)C=C[C@@H](NC(=O)OC(C)(C)C)C1. The van der Waals surface area contributed by atoms with Crippen LogP contribution in [0.3, 0.4) is 0 Å². The fourth-order valence-electron chi connectivity index (χ4n) is 2.12. The molecule has 6 heteroatoms.